The lowest BCUT2D eigenvalue weighted by atomic mass is 9.93. The van der Waals surface area contributed by atoms with Crippen molar-refractivity contribution in [1.29, 1.82) is 0 Å². The molecule has 1 saturated carbocycles. The van der Waals surface area contributed by atoms with E-state index in [1.54, 1.807) is 23.6 Å². The zero-order valence-corrected chi connectivity index (χ0v) is 13.9. The normalized spacial score (nSPS) is 22.2. The fraction of sp³-hybridized carbons (Fsp3) is 0.562. The van der Waals surface area contributed by atoms with Gasteiger partial charge in [-0.25, -0.2) is 4.98 Å². The van der Waals surface area contributed by atoms with Crippen LogP contribution in [0.3, 0.4) is 0 Å². The molecule has 0 radical (unpaired) electrons. The second-order valence-corrected chi connectivity index (χ2v) is 7.50. The Labute approximate surface area is 138 Å². The molecule has 2 aliphatic rings. The van der Waals surface area contributed by atoms with Gasteiger partial charge < -0.3 is 14.7 Å². The minimum absolute atomic E-state index is 0.0683. The molecule has 1 saturated heterocycles. The lowest BCUT2D eigenvalue weighted by Gasteiger charge is -2.28. The molecule has 0 bridgehead atoms. The molecule has 23 heavy (non-hydrogen) atoms. The van der Waals surface area contributed by atoms with Gasteiger partial charge in [0.05, 0.1) is 12.2 Å². The fourth-order valence-corrected chi connectivity index (χ4v) is 4.25. The second kappa shape index (κ2) is 5.72. The summed E-state index contributed by atoms with van der Waals surface area (Å²) >= 11 is 1.59. The highest BCUT2D eigenvalue weighted by Crippen LogP contribution is 2.56. The number of nitrogens with zero attached hydrogens (tertiary/aromatic N) is 3. The summed E-state index contributed by atoms with van der Waals surface area (Å²) in [7, 11) is 0. The molecule has 1 aliphatic carbocycles. The standard InChI is InChI=1S/C16H20N4O2S/c1-11-8-12(22-19-11)15(21)20(10-14-18-6-7-23-14)13-9-16(13)2-4-17-5-3-16/h6-8,13,17H,2-5,9-10H2,1H3. The summed E-state index contributed by atoms with van der Waals surface area (Å²) in [4.78, 5) is 19.2. The van der Waals surface area contributed by atoms with Crippen molar-refractivity contribution in [2.45, 2.75) is 38.8 Å². The van der Waals surface area contributed by atoms with Gasteiger partial charge in [-0.05, 0) is 44.7 Å². The third-order valence-corrected chi connectivity index (χ3v) is 5.78. The van der Waals surface area contributed by atoms with E-state index in [1.165, 1.54) is 0 Å². The number of carbonyl (C=O) groups excluding carboxylic acids is 1. The first-order chi connectivity index (χ1) is 11.2. The van der Waals surface area contributed by atoms with Crippen molar-refractivity contribution in [2.75, 3.05) is 13.1 Å². The minimum atomic E-state index is -0.0683. The van der Waals surface area contributed by atoms with Gasteiger partial charge in [0.2, 0.25) is 5.76 Å². The summed E-state index contributed by atoms with van der Waals surface area (Å²) in [5.41, 5.74) is 1.02. The topological polar surface area (TPSA) is 71.3 Å². The van der Waals surface area contributed by atoms with Gasteiger partial charge in [0.15, 0.2) is 0 Å². The van der Waals surface area contributed by atoms with E-state index in [1.807, 2.05) is 17.2 Å². The highest BCUT2D eigenvalue weighted by Gasteiger charge is 2.58. The van der Waals surface area contributed by atoms with Gasteiger partial charge in [0, 0.05) is 23.7 Å². The maximum Gasteiger partial charge on any atom is 0.293 e. The van der Waals surface area contributed by atoms with E-state index >= 15 is 0 Å². The fourth-order valence-electron chi connectivity index (χ4n) is 3.64. The molecule has 4 rings (SSSR count). The molecule has 1 spiro atoms. The van der Waals surface area contributed by atoms with E-state index in [4.69, 9.17) is 4.52 Å². The van der Waals surface area contributed by atoms with Gasteiger partial charge >= 0.3 is 0 Å². The first-order valence-electron chi connectivity index (χ1n) is 8.01. The molecule has 1 atom stereocenters. The Morgan fingerprint density at radius 1 is 1.52 bits per heavy atom. The van der Waals surface area contributed by atoms with Crippen LogP contribution in [0, 0.1) is 12.3 Å². The van der Waals surface area contributed by atoms with Crippen LogP contribution in [0.4, 0.5) is 0 Å². The van der Waals surface area contributed by atoms with Gasteiger partial charge in [0.25, 0.3) is 5.91 Å². The van der Waals surface area contributed by atoms with Crippen molar-refractivity contribution in [3.63, 3.8) is 0 Å². The smallest absolute Gasteiger partial charge is 0.293 e. The Morgan fingerprint density at radius 2 is 2.35 bits per heavy atom. The van der Waals surface area contributed by atoms with Crippen LogP contribution in [0.1, 0.15) is 40.5 Å². The number of aryl methyl sites for hydroxylation is 1. The molecule has 6 nitrogen and oxygen atoms in total. The summed E-state index contributed by atoms with van der Waals surface area (Å²) in [6, 6.07) is 2.00. The quantitative estimate of drug-likeness (QED) is 0.929. The molecule has 2 aromatic heterocycles. The summed E-state index contributed by atoms with van der Waals surface area (Å²) in [6.07, 6.45) is 5.14. The van der Waals surface area contributed by atoms with Crippen molar-refractivity contribution in [3.8, 4) is 0 Å². The Kier molecular flexibility index (Phi) is 3.69. The number of aromatic nitrogens is 2. The first kappa shape index (κ1) is 14.8. The number of nitrogens with one attached hydrogen (secondary N) is 1. The third-order valence-electron chi connectivity index (χ3n) is 5.01. The summed E-state index contributed by atoms with van der Waals surface area (Å²) in [6.45, 7) is 4.46. The number of piperidine rings is 1. The lowest BCUT2D eigenvalue weighted by Crippen LogP contribution is -2.39. The molecule has 1 aliphatic heterocycles. The predicted octanol–water partition coefficient (Wildman–Crippen LogP) is 2.22. The average Bonchev–Trinajstić information content (AvgIpc) is 2.97. The monoisotopic (exact) mass is 332 g/mol. The number of rotatable bonds is 4. The molecular weight excluding hydrogens is 312 g/mol. The second-order valence-electron chi connectivity index (χ2n) is 6.52. The summed E-state index contributed by atoms with van der Waals surface area (Å²) in [5, 5.41) is 10.2. The highest BCUT2D eigenvalue weighted by molar-refractivity contribution is 7.09. The number of thiazole rings is 1. The van der Waals surface area contributed by atoms with Crippen molar-refractivity contribution in [1.82, 2.24) is 20.4 Å². The SMILES string of the molecule is Cc1cc(C(=O)N(Cc2nccs2)C2CC23CCNCC3)on1. The van der Waals surface area contributed by atoms with Crippen molar-refractivity contribution < 1.29 is 9.32 Å². The lowest BCUT2D eigenvalue weighted by molar-refractivity contribution is 0.0649. The van der Waals surface area contributed by atoms with Crippen LogP contribution < -0.4 is 5.32 Å². The van der Waals surface area contributed by atoms with Crippen LogP contribution in [-0.2, 0) is 6.54 Å². The van der Waals surface area contributed by atoms with Crippen LogP contribution >= 0.6 is 11.3 Å². The maximum absolute atomic E-state index is 12.9. The van der Waals surface area contributed by atoms with Crippen molar-refractivity contribution >= 4 is 17.2 Å². The van der Waals surface area contributed by atoms with Gasteiger partial charge in [-0.1, -0.05) is 5.16 Å². The molecule has 2 aromatic rings. The maximum atomic E-state index is 12.9. The zero-order chi connectivity index (χ0) is 15.9. The molecule has 122 valence electrons. The molecular formula is C16H20N4O2S. The molecule has 3 heterocycles. The number of hydrogen-bond acceptors (Lipinski definition) is 6. The minimum Gasteiger partial charge on any atom is -0.351 e. The van der Waals surface area contributed by atoms with E-state index in [-0.39, 0.29) is 17.4 Å². The van der Waals surface area contributed by atoms with Crippen LogP contribution in [0.15, 0.2) is 22.2 Å². The van der Waals surface area contributed by atoms with Crippen LogP contribution in [0.25, 0.3) is 0 Å². The van der Waals surface area contributed by atoms with Crippen LogP contribution in [0.2, 0.25) is 0 Å². The number of carbonyl (C=O) groups is 1. The van der Waals surface area contributed by atoms with Crippen molar-refractivity contribution in [2.24, 2.45) is 5.41 Å². The largest absolute Gasteiger partial charge is 0.351 e. The molecule has 2 fully saturated rings. The van der Waals surface area contributed by atoms with Gasteiger partial charge in [0.1, 0.15) is 5.01 Å². The van der Waals surface area contributed by atoms with Gasteiger partial charge in [-0.3, -0.25) is 4.79 Å². The number of hydrogen-bond donors (Lipinski definition) is 1. The van der Waals surface area contributed by atoms with Crippen LogP contribution in [-0.4, -0.2) is 40.1 Å². The molecule has 1 unspecified atom stereocenters. The van der Waals surface area contributed by atoms with E-state index < -0.39 is 0 Å². The van der Waals surface area contributed by atoms with Gasteiger partial charge in [-0.2, -0.15) is 0 Å². The van der Waals surface area contributed by atoms with E-state index in [2.05, 4.69) is 15.5 Å². The molecule has 0 aromatic carbocycles. The Morgan fingerprint density at radius 3 is 3.00 bits per heavy atom. The zero-order valence-electron chi connectivity index (χ0n) is 13.1. The van der Waals surface area contributed by atoms with Crippen LogP contribution in [0.5, 0.6) is 0 Å². The average molecular weight is 332 g/mol. The van der Waals surface area contributed by atoms with E-state index in [0.717, 1.165) is 43.1 Å². The molecule has 1 N–H and O–H groups in total. The van der Waals surface area contributed by atoms with E-state index in [9.17, 15) is 4.79 Å². The first-order valence-corrected chi connectivity index (χ1v) is 8.89. The number of amides is 1. The Hall–Kier alpha value is -1.73. The summed E-state index contributed by atoms with van der Waals surface area (Å²) in [5.74, 6) is 0.260. The molecule has 1 amide bonds. The van der Waals surface area contributed by atoms with E-state index in [0.29, 0.717) is 12.3 Å². The molecule has 7 heteroatoms. The third kappa shape index (κ3) is 2.79. The highest BCUT2D eigenvalue weighted by atomic mass is 32.1. The van der Waals surface area contributed by atoms with Gasteiger partial charge in [-0.15, -0.1) is 11.3 Å². The van der Waals surface area contributed by atoms with Crippen molar-refractivity contribution in [3.05, 3.63) is 34.1 Å². The Bertz CT molecular complexity index is 691. The Balaban J connectivity index is 1.58. The predicted molar refractivity (Wildman–Crippen MR) is 86.2 cm³/mol. The summed E-state index contributed by atoms with van der Waals surface area (Å²) < 4.78 is 5.21.